The number of nitrogens with zero attached hydrogens (tertiary/aromatic N) is 1. The predicted octanol–water partition coefficient (Wildman–Crippen LogP) is 5.91. The van der Waals surface area contributed by atoms with Gasteiger partial charge in [-0.3, -0.25) is 4.79 Å². The molecule has 1 amide bonds. The van der Waals surface area contributed by atoms with E-state index in [1.54, 1.807) is 0 Å². The molecule has 0 aliphatic carbocycles. The van der Waals surface area contributed by atoms with Crippen LogP contribution in [0.3, 0.4) is 0 Å². The highest BCUT2D eigenvalue weighted by Crippen LogP contribution is 2.27. The number of amides is 1. The van der Waals surface area contributed by atoms with E-state index >= 15 is 0 Å². The molecule has 1 atom stereocenters. The van der Waals surface area contributed by atoms with Gasteiger partial charge in [0, 0.05) is 17.0 Å². The first-order valence-corrected chi connectivity index (χ1v) is 9.86. The molecule has 0 radical (unpaired) electrons. The van der Waals surface area contributed by atoms with Crippen LogP contribution >= 0.6 is 0 Å². The normalized spacial score (nSPS) is 12.1. The lowest BCUT2D eigenvalue weighted by molar-refractivity contribution is 0.0939. The Morgan fingerprint density at radius 2 is 1.81 bits per heavy atom. The molecule has 1 unspecified atom stereocenters. The smallest absolute Gasteiger partial charge is 0.252 e. The molecule has 3 rings (SSSR count). The molecule has 0 spiro atoms. The molecule has 1 N–H and O–H groups in total. The summed E-state index contributed by atoms with van der Waals surface area (Å²) in [4.78, 5) is 17.8. The highest BCUT2D eigenvalue weighted by Gasteiger charge is 2.16. The summed E-state index contributed by atoms with van der Waals surface area (Å²) in [5, 5.41) is 4.07. The average Bonchev–Trinajstić information content (AvgIpc) is 2.67. The van der Waals surface area contributed by atoms with E-state index in [0.29, 0.717) is 5.56 Å². The van der Waals surface area contributed by atoms with Crippen LogP contribution in [0.25, 0.3) is 22.2 Å². The number of hydrogen-bond donors (Lipinski definition) is 1. The van der Waals surface area contributed by atoms with E-state index in [1.165, 1.54) is 12.8 Å². The van der Waals surface area contributed by atoms with Crippen molar-refractivity contribution < 1.29 is 4.79 Å². The number of hydrogen-bond acceptors (Lipinski definition) is 2. The van der Waals surface area contributed by atoms with Crippen LogP contribution in [0, 0.1) is 6.92 Å². The van der Waals surface area contributed by atoms with Crippen LogP contribution in [0.5, 0.6) is 0 Å². The third-order valence-corrected chi connectivity index (χ3v) is 5.00. The topological polar surface area (TPSA) is 42.0 Å². The van der Waals surface area contributed by atoms with Gasteiger partial charge in [0.1, 0.15) is 0 Å². The highest BCUT2D eigenvalue weighted by atomic mass is 16.1. The van der Waals surface area contributed by atoms with Crippen LogP contribution in [0.2, 0.25) is 0 Å². The fourth-order valence-electron chi connectivity index (χ4n) is 3.44. The number of para-hydroxylation sites is 1. The van der Waals surface area contributed by atoms with Gasteiger partial charge in [0.05, 0.1) is 16.8 Å². The molecule has 1 aromatic heterocycles. The van der Waals surface area contributed by atoms with Crippen LogP contribution in [-0.4, -0.2) is 16.9 Å². The number of aryl methyl sites for hydroxylation is 1. The number of aromatic nitrogens is 1. The van der Waals surface area contributed by atoms with Gasteiger partial charge in [0.25, 0.3) is 5.91 Å². The highest BCUT2D eigenvalue weighted by molar-refractivity contribution is 6.07. The summed E-state index contributed by atoms with van der Waals surface area (Å²) in [6.45, 7) is 6.35. The molecule has 0 bridgehead atoms. The molecule has 0 saturated carbocycles. The number of rotatable bonds is 7. The molecule has 3 nitrogen and oxygen atoms in total. The summed E-state index contributed by atoms with van der Waals surface area (Å²) < 4.78 is 0. The Morgan fingerprint density at radius 1 is 1.07 bits per heavy atom. The Balaban J connectivity index is 1.96. The number of pyridine rings is 1. The van der Waals surface area contributed by atoms with Crippen molar-refractivity contribution >= 4 is 16.8 Å². The van der Waals surface area contributed by atoms with E-state index in [2.05, 4.69) is 38.2 Å². The van der Waals surface area contributed by atoms with E-state index < -0.39 is 0 Å². The van der Waals surface area contributed by atoms with Crippen molar-refractivity contribution in [1.29, 1.82) is 0 Å². The van der Waals surface area contributed by atoms with Crippen molar-refractivity contribution in [2.45, 2.75) is 52.5 Å². The molecule has 27 heavy (non-hydrogen) atoms. The minimum Gasteiger partial charge on any atom is -0.350 e. The third-order valence-electron chi connectivity index (χ3n) is 5.00. The first-order chi connectivity index (χ1) is 13.1. The summed E-state index contributed by atoms with van der Waals surface area (Å²) in [6, 6.07) is 18.1. The van der Waals surface area contributed by atoms with Crippen molar-refractivity contribution in [3.8, 4) is 11.3 Å². The van der Waals surface area contributed by atoms with Crippen LogP contribution in [0.4, 0.5) is 0 Å². The largest absolute Gasteiger partial charge is 0.350 e. The van der Waals surface area contributed by atoms with Gasteiger partial charge in [0.15, 0.2) is 0 Å². The lowest BCUT2D eigenvalue weighted by Gasteiger charge is -2.16. The van der Waals surface area contributed by atoms with E-state index in [1.807, 2.05) is 42.5 Å². The first-order valence-electron chi connectivity index (χ1n) is 9.86. The number of carbonyl (C=O) groups is 1. The Kier molecular flexibility index (Phi) is 6.23. The Morgan fingerprint density at radius 3 is 2.59 bits per heavy atom. The average molecular weight is 361 g/mol. The maximum Gasteiger partial charge on any atom is 0.252 e. The van der Waals surface area contributed by atoms with Gasteiger partial charge in [-0.25, -0.2) is 4.98 Å². The number of nitrogens with one attached hydrogen (secondary N) is 1. The maximum absolute atomic E-state index is 13.0. The van der Waals surface area contributed by atoms with Crippen molar-refractivity contribution in [2.24, 2.45) is 0 Å². The standard InChI is InChI=1S/C24H28N2O/c1-4-5-6-12-18(3)25-24(27)21-16-23(19-13-8-7-11-17(19)2)26-22-15-10-9-14-20(21)22/h7-11,13-16,18H,4-6,12H2,1-3H3,(H,25,27). The van der Waals surface area contributed by atoms with Gasteiger partial charge in [0.2, 0.25) is 0 Å². The fourth-order valence-corrected chi connectivity index (χ4v) is 3.44. The zero-order valence-electron chi connectivity index (χ0n) is 16.5. The molecule has 140 valence electrons. The summed E-state index contributed by atoms with van der Waals surface area (Å²) in [7, 11) is 0. The van der Waals surface area contributed by atoms with E-state index in [4.69, 9.17) is 4.98 Å². The summed E-state index contributed by atoms with van der Waals surface area (Å²) in [5.41, 5.74) is 4.60. The monoisotopic (exact) mass is 360 g/mol. The van der Waals surface area contributed by atoms with Crippen LogP contribution in [0.1, 0.15) is 55.5 Å². The number of unbranched alkanes of at least 4 members (excludes halogenated alkanes) is 2. The summed E-state index contributed by atoms with van der Waals surface area (Å²) >= 11 is 0. The zero-order valence-corrected chi connectivity index (χ0v) is 16.5. The van der Waals surface area contributed by atoms with Gasteiger partial charge in [-0.15, -0.1) is 0 Å². The third kappa shape index (κ3) is 4.54. The molecular weight excluding hydrogens is 332 g/mol. The predicted molar refractivity (Wildman–Crippen MR) is 113 cm³/mol. The zero-order chi connectivity index (χ0) is 19.2. The van der Waals surface area contributed by atoms with Gasteiger partial charge in [-0.05, 0) is 38.0 Å². The molecule has 3 aromatic rings. The summed E-state index contributed by atoms with van der Waals surface area (Å²) in [6.07, 6.45) is 4.54. The number of carbonyl (C=O) groups excluding carboxylic acids is 1. The second-order valence-electron chi connectivity index (χ2n) is 7.26. The van der Waals surface area contributed by atoms with Crippen LogP contribution in [-0.2, 0) is 0 Å². The molecule has 0 aliphatic heterocycles. The van der Waals surface area contributed by atoms with Crippen molar-refractivity contribution in [3.63, 3.8) is 0 Å². The maximum atomic E-state index is 13.0. The minimum atomic E-state index is -0.0209. The first kappa shape index (κ1) is 19.1. The molecule has 3 heteroatoms. The van der Waals surface area contributed by atoms with Crippen molar-refractivity contribution in [3.05, 3.63) is 65.7 Å². The lowest BCUT2D eigenvalue weighted by Crippen LogP contribution is -2.32. The fraction of sp³-hybridized carbons (Fsp3) is 0.333. The Hall–Kier alpha value is -2.68. The second kappa shape index (κ2) is 8.81. The number of fused-ring (bicyclic) bond motifs is 1. The van der Waals surface area contributed by atoms with Crippen molar-refractivity contribution in [2.75, 3.05) is 0 Å². The van der Waals surface area contributed by atoms with E-state index in [0.717, 1.165) is 40.6 Å². The van der Waals surface area contributed by atoms with Gasteiger partial charge in [-0.1, -0.05) is 68.7 Å². The van der Waals surface area contributed by atoms with Gasteiger partial charge < -0.3 is 5.32 Å². The lowest BCUT2D eigenvalue weighted by atomic mass is 10.0. The Labute approximate surface area is 161 Å². The van der Waals surface area contributed by atoms with E-state index in [9.17, 15) is 4.79 Å². The van der Waals surface area contributed by atoms with Gasteiger partial charge >= 0.3 is 0 Å². The minimum absolute atomic E-state index is 0.0209. The molecular formula is C24H28N2O. The molecule has 0 fully saturated rings. The Bertz CT molecular complexity index is 933. The molecule has 1 heterocycles. The summed E-state index contributed by atoms with van der Waals surface area (Å²) in [5.74, 6) is -0.0209. The van der Waals surface area contributed by atoms with Crippen LogP contribution < -0.4 is 5.32 Å². The van der Waals surface area contributed by atoms with Crippen molar-refractivity contribution in [1.82, 2.24) is 10.3 Å². The number of benzene rings is 2. The SMILES string of the molecule is CCCCCC(C)NC(=O)c1cc(-c2ccccc2C)nc2ccccc12. The molecule has 0 saturated heterocycles. The second-order valence-corrected chi connectivity index (χ2v) is 7.26. The molecule has 2 aromatic carbocycles. The quantitative estimate of drug-likeness (QED) is 0.532. The van der Waals surface area contributed by atoms with Crippen LogP contribution in [0.15, 0.2) is 54.6 Å². The molecule has 0 aliphatic rings. The van der Waals surface area contributed by atoms with E-state index in [-0.39, 0.29) is 11.9 Å². The van der Waals surface area contributed by atoms with Gasteiger partial charge in [-0.2, -0.15) is 0 Å².